The molecule has 0 radical (unpaired) electrons. The number of aromatic nitrogens is 1. The van der Waals surface area contributed by atoms with Crippen molar-refractivity contribution in [3.63, 3.8) is 0 Å². The summed E-state index contributed by atoms with van der Waals surface area (Å²) in [5.41, 5.74) is 0.896. The van der Waals surface area contributed by atoms with Gasteiger partial charge in [0.15, 0.2) is 0 Å². The van der Waals surface area contributed by atoms with Crippen molar-refractivity contribution in [3.8, 4) is 0 Å². The first-order valence-corrected chi connectivity index (χ1v) is 11.5. The van der Waals surface area contributed by atoms with Crippen molar-refractivity contribution in [2.24, 2.45) is 0 Å². The molecule has 1 fully saturated rings. The number of hydrogen-bond donors (Lipinski definition) is 1. The van der Waals surface area contributed by atoms with Crippen LogP contribution < -0.4 is 5.32 Å². The molecular weight excluding hydrogens is 370 g/mol. The number of amides is 2. The van der Waals surface area contributed by atoms with Crippen LogP contribution in [0.2, 0.25) is 0 Å². The second kappa shape index (κ2) is 7.54. The van der Waals surface area contributed by atoms with Crippen molar-refractivity contribution in [1.82, 2.24) is 14.8 Å². The van der Waals surface area contributed by atoms with E-state index in [1.807, 2.05) is 23.3 Å². The first-order chi connectivity index (χ1) is 13.5. The molecule has 6 heteroatoms. The minimum absolute atomic E-state index is 0.00391. The third kappa shape index (κ3) is 3.15. The van der Waals surface area contributed by atoms with E-state index in [2.05, 4.69) is 29.8 Å². The molecule has 5 nitrogen and oxygen atoms in total. The van der Waals surface area contributed by atoms with Gasteiger partial charge in [-0.1, -0.05) is 32.6 Å². The molecule has 1 N–H and O–H groups in total. The molecule has 2 atom stereocenters. The molecule has 152 valence electrons. The van der Waals surface area contributed by atoms with Crippen LogP contribution in [0.15, 0.2) is 17.5 Å². The third-order valence-corrected chi connectivity index (χ3v) is 7.52. The SMILES string of the molecule is CC[C@H](C)N1C(=O)c2cc3sccc3n2C[C@]1(C)C(=O)NC1CCCCCC1. The summed E-state index contributed by atoms with van der Waals surface area (Å²) in [7, 11) is 0. The van der Waals surface area contributed by atoms with Crippen molar-refractivity contribution in [2.45, 2.75) is 89.9 Å². The molecule has 0 spiro atoms. The largest absolute Gasteiger partial charge is 0.351 e. The molecule has 0 aromatic carbocycles. The smallest absolute Gasteiger partial charge is 0.271 e. The summed E-state index contributed by atoms with van der Waals surface area (Å²) in [6.07, 6.45) is 7.77. The van der Waals surface area contributed by atoms with Crippen molar-refractivity contribution >= 4 is 33.4 Å². The Balaban J connectivity index is 1.70. The molecule has 28 heavy (non-hydrogen) atoms. The van der Waals surface area contributed by atoms with E-state index in [0.29, 0.717) is 12.2 Å². The zero-order chi connectivity index (χ0) is 19.9. The number of hydrogen-bond acceptors (Lipinski definition) is 3. The second-order valence-electron chi connectivity index (χ2n) is 8.65. The summed E-state index contributed by atoms with van der Waals surface area (Å²) in [4.78, 5) is 28.9. The monoisotopic (exact) mass is 401 g/mol. The number of nitrogens with zero attached hydrogens (tertiary/aromatic N) is 2. The first kappa shape index (κ1) is 19.5. The molecule has 4 rings (SSSR count). The Morgan fingerprint density at radius 2 is 2.04 bits per heavy atom. The number of carbonyl (C=O) groups excluding carboxylic acids is 2. The van der Waals surface area contributed by atoms with Gasteiger partial charge in [-0.25, -0.2) is 0 Å². The Bertz CT molecular complexity index is 878. The molecule has 0 saturated heterocycles. The van der Waals surface area contributed by atoms with Gasteiger partial charge in [-0.3, -0.25) is 9.59 Å². The maximum absolute atomic E-state index is 13.6. The molecule has 1 saturated carbocycles. The van der Waals surface area contributed by atoms with Crippen LogP contribution in [0.5, 0.6) is 0 Å². The fraction of sp³-hybridized carbons (Fsp3) is 0.636. The van der Waals surface area contributed by atoms with E-state index in [-0.39, 0.29) is 23.9 Å². The Morgan fingerprint density at radius 1 is 1.32 bits per heavy atom. The van der Waals surface area contributed by atoms with Gasteiger partial charge in [0.05, 0.1) is 16.8 Å². The van der Waals surface area contributed by atoms with Gasteiger partial charge in [0.2, 0.25) is 5.91 Å². The molecule has 3 heterocycles. The van der Waals surface area contributed by atoms with Gasteiger partial charge in [-0.15, -0.1) is 11.3 Å². The molecule has 2 amide bonds. The fourth-order valence-corrected chi connectivity index (χ4v) is 5.69. The van der Waals surface area contributed by atoms with Gasteiger partial charge >= 0.3 is 0 Å². The van der Waals surface area contributed by atoms with Gasteiger partial charge in [0.25, 0.3) is 5.91 Å². The van der Waals surface area contributed by atoms with Crippen molar-refractivity contribution in [2.75, 3.05) is 0 Å². The summed E-state index contributed by atoms with van der Waals surface area (Å²) in [6, 6.07) is 4.28. The molecular formula is C22H31N3O2S. The van der Waals surface area contributed by atoms with E-state index in [0.717, 1.165) is 29.5 Å². The average Bonchev–Trinajstić information content (AvgIpc) is 3.16. The number of nitrogens with one attached hydrogen (secondary N) is 1. The lowest BCUT2D eigenvalue weighted by atomic mass is 9.91. The summed E-state index contributed by atoms with van der Waals surface area (Å²) >= 11 is 1.65. The van der Waals surface area contributed by atoms with E-state index in [9.17, 15) is 9.59 Å². The Labute approximate surface area is 171 Å². The molecule has 2 aliphatic rings. The van der Waals surface area contributed by atoms with E-state index < -0.39 is 5.54 Å². The molecule has 1 aliphatic heterocycles. The first-order valence-electron chi connectivity index (χ1n) is 10.7. The highest BCUT2D eigenvalue weighted by molar-refractivity contribution is 7.17. The minimum Gasteiger partial charge on any atom is -0.351 e. The Morgan fingerprint density at radius 3 is 2.71 bits per heavy atom. The number of fused-ring (bicyclic) bond motifs is 3. The van der Waals surface area contributed by atoms with Crippen LogP contribution in [-0.4, -0.2) is 38.9 Å². The van der Waals surface area contributed by atoms with E-state index in [4.69, 9.17) is 0 Å². The molecule has 0 bridgehead atoms. The Hall–Kier alpha value is -1.82. The average molecular weight is 402 g/mol. The maximum Gasteiger partial charge on any atom is 0.271 e. The van der Waals surface area contributed by atoms with Gasteiger partial charge in [-0.2, -0.15) is 0 Å². The lowest BCUT2D eigenvalue weighted by Crippen LogP contribution is -2.66. The van der Waals surface area contributed by atoms with Gasteiger partial charge in [-0.05, 0) is 50.6 Å². The standard InChI is InChI=1S/C22H31N3O2S/c1-4-15(2)25-20(26)18-13-19-17(11-12-28-19)24(18)14-22(25,3)21(27)23-16-9-7-5-6-8-10-16/h11-13,15-16H,4-10,14H2,1-3H3,(H,23,27)/t15-,22+/m0/s1. The topological polar surface area (TPSA) is 54.3 Å². The summed E-state index contributed by atoms with van der Waals surface area (Å²) in [5, 5.41) is 5.37. The predicted molar refractivity (Wildman–Crippen MR) is 114 cm³/mol. The van der Waals surface area contributed by atoms with Crippen LogP contribution in [0, 0.1) is 0 Å². The minimum atomic E-state index is -0.875. The van der Waals surface area contributed by atoms with Crippen LogP contribution in [-0.2, 0) is 11.3 Å². The van der Waals surface area contributed by atoms with Gasteiger partial charge in [0.1, 0.15) is 11.2 Å². The third-order valence-electron chi connectivity index (χ3n) is 6.67. The molecule has 2 aromatic rings. The second-order valence-corrected chi connectivity index (χ2v) is 9.60. The van der Waals surface area contributed by atoms with Crippen LogP contribution >= 0.6 is 11.3 Å². The van der Waals surface area contributed by atoms with Gasteiger partial charge < -0.3 is 14.8 Å². The van der Waals surface area contributed by atoms with Crippen LogP contribution in [0.25, 0.3) is 10.2 Å². The van der Waals surface area contributed by atoms with Gasteiger partial charge in [0, 0.05) is 12.1 Å². The highest BCUT2D eigenvalue weighted by Crippen LogP contribution is 2.36. The lowest BCUT2D eigenvalue weighted by Gasteiger charge is -2.47. The van der Waals surface area contributed by atoms with E-state index in [1.54, 1.807) is 11.3 Å². The summed E-state index contributed by atoms with van der Waals surface area (Å²) in [5.74, 6) is -0.0294. The predicted octanol–water partition coefficient (Wildman–Crippen LogP) is 4.55. The molecule has 0 unspecified atom stereocenters. The van der Waals surface area contributed by atoms with Crippen molar-refractivity contribution in [3.05, 3.63) is 23.2 Å². The zero-order valence-electron chi connectivity index (χ0n) is 17.2. The number of rotatable bonds is 4. The highest BCUT2D eigenvalue weighted by Gasteiger charge is 2.49. The van der Waals surface area contributed by atoms with Crippen LogP contribution in [0.1, 0.15) is 76.2 Å². The molecule has 1 aliphatic carbocycles. The quantitative estimate of drug-likeness (QED) is 0.764. The molecule has 2 aromatic heterocycles. The highest BCUT2D eigenvalue weighted by atomic mass is 32.1. The zero-order valence-corrected chi connectivity index (χ0v) is 18.0. The number of carbonyl (C=O) groups is 2. The Kier molecular flexibility index (Phi) is 5.25. The fourth-order valence-electron chi connectivity index (χ4n) is 4.87. The lowest BCUT2D eigenvalue weighted by molar-refractivity contribution is -0.135. The maximum atomic E-state index is 13.6. The van der Waals surface area contributed by atoms with Crippen LogP contribution in [0.4, 0.5) is 0 Å². The normalized spacial score (nSPS) is 24.8. The number of thiophene rings is 1. The van der Waals surface area contributed by atoms with E-state index >= 15 is 0 Å². The van der Waals surface area contributed by atoms with E-state index in [1.165, 1.54) is 25.7 Å². The van der Waals surface area contributed by atoms with Crippen molar-refractivity contribution < 1.29 is 9.59 Å². The van der Waals surface area contributed by atoms with Crippen molar-refractivity contribution in [1.29, 1.82) is 0 Å². The summed E-state index contributed by atoms with van der Waals surface area (Å²) in [6.45, 7) is 6.59. The van der Waals surface area contributed by atoms with Crippen LogP contribution in [0.3, 0.4) is 0 Å². The summed E-state index contributed by atoms with van der Waals surface area (Å²) < 4.78 is 3.17.